The molecule has 1 heterocycles. The molecule has 1 amide bonds. The van der Waals surface area contributed by atoms with E-state index >= 15 is 0 Å². The van der Waals surface area contributed by atoms with Crippen LogP contribution in [0.5, 0.6) is 11.5 Å². The molecule has 0 aliphatic carbocycles. The molecule has 0 spiro atoms. The number of carbonyl (C=O) groups excluding carboxylic acids is 2. The van der Waals surface area contributed by atoms with E-state index in [1.165, 1.54) is 6.92 Å². The lowest BCUT2D eigenvalue weighted by Crippen LogP contribution is -2.48. The molecule has 0 N–H and O–H groups in total. The van der Waals surface area contributed by atoms with Gasteiger partial charge < -0.3 is 19.3 Å². The summed E-state index contributed by atoms with van der Waals surface area (Å²) in [7, 11) is 0. The van der Waals surface area contributed by atoms with Crippen LogP contribution >= 0.6 is 0 Å². The second-order valence-corrected chi connectivity index (χ2v) is 6.30. The number of rotatable bonds is 5. The molecule has 0 bridgehead atoms. The standard InChI is InChI=1S/C21H24N2O4/c1-3-26-20-7-5-4-6-19(20)22-12-14-23(15-13-22)21(25)17-8-10-18(11-9-17)27-16(2)24/h4-11H,3,12-15H2,1-2H3. The molecule has 3 rings (SSSR count). The van der Waals surface area contributed by atoms with Crippen molar-refractivity contribution < 1.29 is 19.1 Å². The monoisotopic (exact) mass is 368 g/mol. The average molecular weight is 368 g/mol. The Balaban J connectivity index is 1.62. The van der Waals surface area contributed by atoms with Crippen molar-refractivity contribution in [2.45, 2.75) is 13.8 Å². The third-order valence-electron chi connectivity index (χ3n) is 4.44. The molecule has 0 atom stereocenters. The summed E-state index contributed by atoms with van der Waals surface area (Å²) >= 11 is 0. The number of amides is 1. The molecule has 142 valence electrons. The fraction of sp³-hybridized carbons (Fsp3) is 0.333. The maximum absolute atomic E-state index is 12.7. The Bertz CT molecular complexity index is 796. The number of para-hydroxylation sites is 2. The highest BCUT2D eigenvalue weighted by Gasteiger charge is 2.23. The van der Waals surface area contributed by atoms with Gasteiger partial charge in [-0.1, -0.05) is 12.1 Å². The molecule has 1 aliphatic heterocycles. The second kappa shape index (κ2) is 8.58. The number of hydrogen-bond acceptors (Lipinski definition) is 5. The van der Waals surface area contributed by atoms with Gasteiger partial charge in [0.2, 0.25) is 0 Å². The molecular weight excluding hydrogens is 344 g/mol. The van der Waals surface area contributed by atoms with Crippen molar-refractivity contribution in [1.29, 1.82) is 0 Å². The fourth-order valence-corrected chi connectivity index (χ4v) is 3.16. The van der Waals surface area contributed by atoms with Gasteiger partial charge in [0, 0.05) is 38.7 Å². The summed E-state index contributed by atoms with van der Waals surface area (Å²) in [5, 5.41) is 0. The predicted octanol–water partition coefficient (Wildman–Crippen LogP) is 2.97. The fourth-order valence-electron chi connectivity index (χ4n) is 3.16. The van der Waals surface area contributed by atoms with Crippen molar-refractivity contribution in [3.05, 3.63) is 54.1 Å². The van der Waals surface area contributed by atoms with Crippen LogP contribution in [0.25, 0.3) is 0 Å². The second-order valence-electron chi connectivity index (χ2n) is 6.30. The van der Waals surface area contributed by atoms with Crippen LogP contribution in [0.2, 0.25) is 0 Å². The van der Waals surface area contributed by atoms with E-state index in [4.69, 9.17) is 9.47 Å². The highest BCUT2D eigenvalue weighted by Crippen LogP contribution is 2.29. The number of piperazine rings is 1. The summed E-state index contributed by atoms with van der Waals surface area (Å²) < 4.78 is 10.7. The number of ether oxygens (including phenoxy) is 2. The van der Waals surface area contributed by atoms with E-state index < -0.39 is 0 Å². The Morgan fingerprint density at radius 2 is 1.63 bits per heavy atom. The van der Waals surface area contributed by atoms with Gasteiger partial charge in [0.05, 0.1) is 12.3 Å². The minimum atomic E-state index is -0.377. The van der Waals surface area contributed by atoms with E-state index in [0.29, 0.717) is 31.0 Å². The Hall–Kier alpha value is -3.02. The number of esters is 1. The first-order chi connectivity index (χ1) is 13.1. The topological polar surface area (TPSA) is 59.1 Å². The van der Waals surface area contributed by atoms with E-state index in [1.54, 1.807) is 24.3 Å². The third-order valence-corrected chi connectivity index (χ3v) is 4.44. The molecule has 0 unspecified atom stereocenters. The van der Waals surface area contributed by atoms with Gasteiger partial charge in [-0.05, 0) is 43.3 Å². The van der Waals surface area contributed by atoms with E-state index in [1.807, 2.05) is 30.0 Å². The third kappa shape index (κ3) is 4.58. The van der Waals surface area contributed by atoms with E-state index in [-0.39, 0.29) is 11.9 Å². The lowest BCUT2D eigenvalue weighted by molar-refractivity contribution is -0.131. The number of nitrogens with zero attached hydrogens (tertiary/aromatic N) is 2. The van der Waals surface area contributed by atoms with Crippen molar-refractivity contribution in [1.82, 2.24) is 4.90 Å². The van der Waals surface area contributed by atoms with Gasteiger partial charge in [-0.25, -0.2) is 0 Å². The van der Waals surface area contributed by atoms with Gasteiger partial charge in [0.15, 0.2) is 0 Å². The molecule has 27 heavy (non-hydrogen) atoms. The first kappa shape index (κ1) is 18.8. The van der Waals surface area contributed by atoms with E-state index in [0.717, 1.165) is 24.5 Å². The van der Waals surface area contributed by atoms with Crippen molar-refractivity contribution in [3.63, 3.8) is 0 Å². The lowest BCUT2D eigenvalue weighted by Gasteiger charge is -2.36. The van der Waals surface area contributed by atoms with Gasteiger partial charge in [-0.15, -0.1) is 0 Å². The smallest absolute Gasteiger partial charge is 0.308 e. The first-order valence-corrected chi connectivity index (χ1v) is 9.13. The SMILES string of the molecule is CCOc1ccccc1N1CCN(C(=O)c2ccc(OC(C)=O)cc2)CC1. The number of carbonyl (C=O) groups is 2. The molecule has 6 nitrogen and oxygen atoms in total. The Kier molecular flexibility index (Phi) is 5.96. The Morgan fingerprint density at radius 1 is 0.963 bits per heavy atom. The highest BCUT2D eigenvalue weighted by molar-refractivity contribution is 5.94. The Labute approximate surface area is 159 Å². The number of benzene rings is 2. The average Bonchev–Trinajstić information content (AvgIpc) is 2.68. The summed E-state index contributed by atoms with van der Waals surface area (Å²) in [6.07, 6.45) is 0. The van der Waals surface area contributed by atoms with Crippen LogP contribution < -0.4 is 14.4 Å². The van der Waals surface area contributed by atoms with E-state index in [9.17, 15) is 9.59 Å². The van der Waals surface area contributed by atoms with Gasteiger partial charge in [-0.3, -0.25) is 9.59 Å². The quantitative estimate of drug-likeness (QED) is 0.600. The summed E-state index contributed by atoms with van der Waals surface area (Å²) in [5.74, 6) is 0.928. The minimum absolute atomic E-state index is 0.0119. The van der Waals surface area contributed by atoms with Crippen molar-refractivity contribution in [3.8, 4) is 11.5 Å². The highest BCUT2D eigenvalue weighted by atomic mass is 16.5. The van der Waals surface area contributed by atoms with Gasteiger partial charge in [0.25, 0.3) is 5.91 Å². The summed E-state index contributed by atoms with van der Waals surface area (Å²) in [6, 6.07) is 14.7. The molecule has 0 aromatic heterocycles. The molecule has 1 saturated heterocycles. The normalized spacial score (nSPS) is 14.0. The lowest BCUT2D eigenvalue weighted by atomic mass is 10.1. The molecule has 1 aliphatic rings. The van der Waals surface area contributed by atoms with Crippen molar-refractivity contribution in [2.24, 2.45) is 0 Å². The summed E-state index contributed by atoms with van der Waals surface area (Å²) in [4.78, 5) is 27.8. The minimum Gasteiger partial charge on any atom is -0.492 e. The summed E-state index contributed by atoms with van der Waals surface area (Å²) in [5.41, 5.74) is 1.66. The molecular formula is C21H24N2O4. The number of anilines is 1. The summed E-state index contributed by atoms with van der Waals surface area (Å²) in [6.45, 7) is 6.74. The zero-order valence-electron chi connectivity index (χ0n) is 15.7. The maximum atomic E-state index is 12.7. The zero-order valence-corrected chi connectivity index (χ0v) is 15.7. The van der Waals surface area contributed by atoms with Gasteiger partial charge >= 0.3 is 5.97 Å². The van der Waals surface area contributed by atoms with Crippen LogP contribution in [-0.2, 0) is 4.79 Å². The van der Waals surface area contributed by atoms with Crippen molar-refractivity contribution in [2.75, 3.05) is 37.7 Å². The van der Waals surface area contributed by atoms with E-state index in [2.05, 4.69) is 11.0 Å². The number of hydrogen-bond donors (Lipinski definition) is 0. The van der Waals surface area contributed by atoms with Crippen LogP contribution in [0.3, 0.4) is 0 Å². The van der Waals surface area contributed by atoms with Gasteiger partial charge in [-0.2, -0.15) is 0 Å². The molecule has 6 heteroatoms. The van der Waals surface area contributed by atoms with Crippen LogP contribution in [0.1, 0.15) is 24.2 Å². The van der Waals surface area contributed by atoms with Crippen LogP contribution in [-0.4, -0.2) is 49.6 Å². The van der Waals surface area contributed by atoms with Crippen molar-refractivity contribution >= 4 is 17.6 Å². The predicted molar refractivity (Wildman–Crippen MR) is 103 cm³/mol. The largest absolute Gasteiger partial charge is 0.492 e. The molecule has 2 aromatic carbocycles. The maximum Gasteiger partial charge on any atom is 0.308 e. The van der Waals surface area contributed by atoms with Crippen LogP contribution in [0.15, 0.2) is 48.5 Å². The molecule has 0 saturated carbocycles. The van der Waals surface area contributed by atoms with Crippen LogP contribution in [0, 0.1) is 0 Å². The Morgan fingerprint density at radius 3 is 2.26 bits per heavy atom. The van der Waals surface area contributed by atoms with Gasteiger partial charge in [0.1, 0.15) is 11.5 Å². The first-order valence-electron chi connectivity index (χ1n) is 9.13. The zero-order chi connectivity index (χ0) is 19.2. The molecule has 0 radical (unpaired) electrons. The van der Waals surface area contributed by atoms with Crippen LogP contribution in [0.4, 0.5) is 5.69 Å². The molecule has 1 fully saturated rings. The molecule has 2 aromatic rings.